The maximum atomic E-state index is 11.1. The number of nitrogens with zero attached hydrogens (tertiary/aromatic N) is 2. The van der Waals surface area contributed by atoms with Crippen LogP contribution >= 0.6 is 0 Å². The molecule has 0 saturated carbocycles. The SMILES string of the molecule is CC1CCN(c2ncccc2C(=O)O)C1CO. The molecule has 1 aliphatic heterocycles. The number of carboxylic acid groups (broad SMARTS) is 1. The second-order valence-corrected chi connectivity index (χ2v) is 4.39. The lowest BCUT2D eigenvalue weighted by molar-refractivity contribution is 0.0697. The largest absolute Gasteiger partial charge is 0.478 e. The minimum atomic E-state index is -0.982. The smallest absolute Gasteiger partial charge is 0.339 e. The van der Waals surface area contributed by atoms with Crippen molar-refractivity contribution in [3.63, 3.8) is 0 Å². The van der Waals surface area contributed by atoms with Crippen LogP contribution < -0.4 is 4.90 Å². The number of aliphatic hydroxyl groups is 1. The molecule has 92 valence electrons. The van der Waals surface area contributed by atoms with Crippen LogP contribution in [0.4, 0.5) is 5.82 Å². The van der Waals surface area contributed by atoms with Crippen LogP contribution in [0.2, 0.25) is 0 Å². The molecule has 5 heteroatoms. The number of rotatable bonds is 3. The van der Waals surface area contributed by atoms with Crippen LogP contribution in [0, 0.1) is 5.92 Å². The lowest BCUT2D eigenvalue weighted by Gasteiger charge is -2.27. The third-order valence-electron chi connectivity index (χ3n) is 3.36. The average Bonchev–Trinajstić information content (AvgIpc) is 2.70. The van der Waals surface area contributed by atoms with Crippen molar-refractivity contribution >= 4 is 11.8 Å². The Morgan fingerprint density at radius 3 is 3.06 bits per heavy atom. The van der Waals surface area contributed by atoms with Crippen molar-refractivity contribution in [3.8, 4) is 0 Å². The molecule has 17 heavy (non-hydrogen) atoms. The van der Waals surface area contributed by atoms with Crippen LogP contribution in [0.1, 0.15) is 23.7 Å². The van der Waals surface area contributed by atoms with Gasteiger partial charge >= 0.3 is 5.97 Å². The van der Waals surface area contributed by atoms with Gasteiger partial charge < -0.3 is 15.1 Å². The third-order valence-corrected chi connectivity index (χ3v) is 3.36. The van der Waals surface area contributed by atoms with E-state index in [1.807, 2.05) is 4.90 Å². The molecule has 5 nitrogen and oxygen atoms in total. The lowest BCUT2D eigenvalue weighted by Crippen LogP contribution is -2.36. The predicted molar refractivity (Wildman–Crippen MR) is 63.2 cm³/mol. The molecule has 1 fully saturated rings. The van der Waals surface area contributed by atoms with Crippen LogP contribution in [0.15, 0.2) is 18.3 Å². The average molecular weight is 236 g/mol. The topological polar surface area (TPSA) is 73.7 Å². The third kappa shape index (κ3) is 2.10. The molecule has 2 heterocycles. The number of anilines is 1. The van der Waals surface area contributed by atoms with Crippen LogP contribution in [0.5, 0.6) is 0 Å². The monoisotopic (exact) mass is 236 g/mol. The van der Waals surface area contributed by atoms with Crippen molar-refractivity contribution < 1.29 is 15.0 Å². The molecule has 0 spiro atoms. The molecular weight excluding hydrogens is 220 g/mol. The van der Waals surface area contributed by atoms with Crippen LogP contribution in [-0.2, 0) is 0 Å². The molecule has 0 radical (unpaired) electrons. The molecule has 2 atom stereocenters. The Morgan fingerprint density at radius 2 is 2.41 bits per heavy atom. The molecule has 0 bridgehead atoms. The summed E-state index contributed by atoms with van der Waals surface area (Å²) in [6.07, 6.45) is 2.53. The Balaban J connectivity index is 2.37. The highest BCUT2D eigenvalue weighted by molar-refractivity contribution is 5.93. The van der Waals surface area contributed by atoms with Crippen LogP contribution in [-0.4, -0.2) is 40.4 Å². The molecule has 1 aromatic rings. The first-order valence-electron chi connectivity index (χ1n) is 5.71. The summed E-state index contributed by atoms with van der Waals surface area (Å²) in [5.41, 5.74) is 0.194. The summed E-state index contributed by atoms with van der Waals surface area (Å²) in [4.78, 5) is 17.2. The maximum absolute atomic E-state index is 11.1. The second kappa shape index (κ2) is 4.71. The highest BCUT2D eigenvalue weighted by Gasteiger charge is 2.33. The summed E-state index contributed by atoms with van der Waals surface area (Å²) in [7, 11) is 0. The Hall–Kier alpha value is -1.62. The fourth-order valence-electron chi connectivity index (χ4n) is 2.34. The van der Waals surface area contributed by atoms with E-state index in [0.717, 1.165) is 13.0 Å². The van der Waals surface area contributed by atoms with E-state index in [2.05, 4.69) is 11.9 Å². The summed E-state index contributed by atoms with van der Waals surface area (Å²) in [6.45, 7) is 2.82. The zero-order valence-electron chi connectivity index (χ0n) is 9.71. The summed E-state index contributed by atoms with van der Waals surface area (Å²) >= 11 is 0. The van der Waals surface area contributed by atoms with E-state index in [9.17, 15) is 9.90 Å². The van der Waals surface area contributed by atoms with Crippen molar-refractivity contribution in [2.24, 2.45) is 5.92 Å². The van der Waals surface area contributed by atoms with E-state index < -0.39 is 5.97 Å². The van der Waals surface area contributed by atoms with Crippen molar-refractivity contribution in [2.45, 2.75) is 19.4 Å². The molecule has 0 aromatic carbocycles. The van der Waals surface area contributed by atoms with Crippen LogP contribution in [0.3, 0.4) is 0 Å². The van der Waals surface area contributed by atoms with Gasteiger partial charge in [0.2, 0.25) is 0 Å². The number of carbonyl (C=O) groups is 1. The molecule has 0 amide bonds. The predicted octanol–water partition coefficient (Wildman–Crippen LogP) is 0.987. The van der Waals surface area contributed by atoms with Gasteiger partial charge in [0, 0.05) is 12.7 Å². The fourth-order valence-corrected chi connectivity index (χ4v) is 2.34. The Bertz CT molecular complexity index is 422. The van der Waals surface area contributed by atoms with E-state index in [1.165, 1.54) is 0 Å². The van der Waals surface area contributed by atoms with Crippen LogP contribution in [0.25, 0.3) is 0 Å². The van der Waals surface area contributed by atoms with Crippen molar-refractivity contribution in [1.82, 2.24) is 4.98 Å². The molecule has 0 aliphatic carbocycles. The first kappa shape index (κ1) is 11.9. The minimum Gasteiger partial charge on any atom is -0.478 e. The van der Waals surface area contributed by atoms with E-state index in [0.29, 0.717) is 11.7 Å². The van der Waals surface area contributed by atoms with Gasteiger partial charge in [0.15, 0.2) is 0 Å². The summed E-state index contributed by atoms with van der Waals surface area (Å²) in [5, 5.41) is 18.5. The Labute approximate surface area is 99.7 Å². The highest BCUT2D eigenvalue weighted by atomic mass is 16.4. The van der Waals surface area contributed by atoms with Gasteiger partial charge in [-0.2, -0.15) is 0 Å². The molecule has 1 saturated heterocycles. The molecule has 1 aromatic heterocycles. The quantitative estimate of drug-likeness (QED) is 0.818. The van der Waals surface area contributed by atoms with Crippen molar-refractivity contribution in [3.05, 3.63) is 23.9 Å². The van der Waals surface area contributed by atoms with Gasteiger partial charge in [-0.15, -0.1) is 0 Å². The first-order chi connectivity index (χ1) is 8.15. The van der Waals surface area contributed by atoms with Gasteiger partial charge in [-0.1, -0.05) is 6.92 Å². The van der Waals surface area contributed by atoms with Gasteiger partial charge in [-0.25, -0.2) is 9.78 Å². The normalized spacial score (nSPS) is 24.0. The van der Waals surface area contributed by atoms with Crippen molar-refractivity contribution in [2.75, 3.05) is 18.1 Å². The number of hydrogen-bond donors (Lipinski definition) is 2. The molecule has 1 aliphatic rings. The molecule has 2 unspecified atom stereocenters. The van der Waals surface area contributed by atoms with E-state index in [4.69, 9.17) is 5.11 Å². The standard InChI is InChI=1S/C12H16N2O3/c1-8-4-6-14(10(8)7-15)11-9(12(16)17)3-2-5-13-11/h2-3,5,8,10,15H,4,6-7H2,1H3,(H,16,17). The first-order valence-corrected chi connectivity index (χ1v) is 5.71. The highest BCUT2D eigenvalue weighted by Crippen LogP contribution is 2.30. The Kier molecular flexibility index (Phi) is 3.28. The van der Waals surface area contributed by atoms with Gasteiger partial charge in [0.05, 0.1) is 12.6 Å². The van der Waals surface area contributed by atoms with Gasteiger partial charge in [-0.3, -0.25) is 0 Å². The number of hydrogen-bond acceptors (Lipinski definition) is 4. The minimum absolute atomic E-state index is 0.0246. The molecule has 2 rings (SSSR count). The zero-order valence-corrected chi connectivity index (χ0v) is 9.71. The zero-order chi connectivity index (χ0) is 12.4. The number of carboxylic acids is 1. The lowest BCUT2D eigenvalue weighted by atomic mass is 10.0. The van der Waals surface area contributed by atoms with Gasteiger partial charge in [-0.05, 0) is 24.5 Å². The Morgan fingerprint density at radius 1 is 1.65 bits per heavy atom. The number of aromatic nitrogens is 1. The summed E-state index contributed by atoms with van der Waals surface area (Å²) in [5.74, 6) is -0.170. The number of aliphatic hydroxyl groups excluding tert-OH is 1. The molecule has 2 N–H and O–H groups in total. The van der Waals surface area contributed by atoms with Gasteiger partial charge in [0.25, 0.3) is 0 Å². The second-order valence-electron chi connectivity index (χ2n) is 4.39. The van der Waals surface area contributed by atoms with Gasteiger partial charge in [0.1, 0.15) is 11.4 Å². The number of aromatic carboxylic acids is 1. The van der Waals surface area contributed by atoms with Crippen molar-refractivity contribution in [1.29, 1.82) is 0 Å². The summed E-state index contributed by atoms with van der Waals surface area (Å²) < 4.78 is 0. The maximum Gasteiger partial charge on any atom is 0.339 e. The van der Waals surface area contributed by atoms with E-state index >= 15 is 0 Å². The fraction of sp³-hybridized carbons (Fsp3) is 0.500. The molecular formula is C12H16N2O3. The van der Waals surface area contributed by atoms with E-state index in [-0.39, 0.29) is 18.2 Å². The van der Waals surface area contributed by atoms with E-state index in [1.54, 1.807) is 18.3 Å². The number of pyridine rings is 1. The summed E-state index contributed by atoms with van der Waals surface area (Å²) in [6, 6.07) is 3.12.